The first-order valence-electron chi connectivity index (χ1n) is 10.7. The van der Waals surface area contributed by atoms with Crippen LogP contribution in [0.5, 0.6) is 5.75 Å². The summed E-state index contributed by atoms with van der Waals surface area (Å²) in [6.45, 7) is 3.41. The Hall–Kier alpha value is -2.65. The zero-order valence-electron chi connectivity index (χ0n) is 18.4. The molecule has 0 unspecified atom stereocenters. The van der Waals surface area contributed by atoms with Gasteiger partial charge >= 0.3 is 0 Å². The second kappa shape index (κ2) is 10.5. The van der Waals surface area contributed by atoms with Crippen molar-refractivity contribution >= 4 is 27.3 Å². The zero-order chi connectivity index (χ0) is 23.3. The van der Waals surface area contributed by atoms with E-state index >= 15 is 0 Å². The molecule has 1 saturated heterocycles. The van der Waals surface area contributed by atoms with Crippen LogP contribution in [0.4, 0.5) is 5.69 Å². The molecule has 0 radical (unpaired) electrons. The summed E-state index contributed by atoms with van der Waals surface area (Å²) in [5.74, 6) is 0.852. The first-order chi connectivity index (χ1) is 16.0. The van der Waals surface area contributed by atoms with Gasteiger partial charge in [-0.05, 0) is 48.0 Å². The van der Waals surface area contributed by atoms with Crippen molar-refractivity contribution in [2.75, 3.05) is 44.7 Å². The van der Waals surface area contributed by atoms with Crippen molar-refractivity contribution in [2.24, 2.45) is 0 Å². The summed E-state index contributed by atoms with van der Waals surface area (Å²) >= 11 is 5.91. The molecule has 7 nitrogen and oxygen atoms in total. The number of ether oxygens (including phenoxy) is 1. The van der Waals surface area contributed by atoms with Gasteiger partial charge in [-0.15, -0.1) is 0 Å². The van der Waals surface area contributed by atoms with Gasteiger partial charge in [0.05, 0.1) is 23.7 Å². The van der Waals surface area contributed by atoms with E-state index < -0.39 is 10.0 Å². The van der Waals surface area contributed by atoms with Gasteiger partial charge in [-0.2, -0.15) is 0 Å². The van der Waals surface area contributed by atoms with Crippen molar-refractivity contribution in [3.63, 3.8) is 0 Å². The lowest BCUT2D eigenvalue weighted by molar-refractivity contribution is 0.186. The number of aromatic nitrogens is 1. The maximum Gasteiger partial charge on any atom is 0.240 e. The molecule has 0 saturated carbocycles. The molecule has 0 spiro atoms. The number of pyridine rings is 1. The summed E-state index contributed by atoms with van der Waals surface area (Å²) in [5, 5.41) is 0.495. The first-order valence-corrected chi connectivity index (χ1v) is 12.6. The molecule has 0 bridgehead atoms. The van der Waals surface area contributed by atoms with E-state index in [2.05, 4.69) is 25.6 Å². The van der Waals surface area contributed by atoms with Crippen LogP contribution in [0.3, 0.4) is 0 Å². The van der Waals surface area contributed by atoms with Gasteiger partial charge in [0, 0.05) is 50.1 Å². The molecule has 0 aliphatic carbocycles. The van der Waals surface area contributed by atoms with Crippen LogP contribution >= 0.6 is 11.6 Å². The average molecular weight is 487 g/mol. The zero-order valence-corrected chi connectivity index (χ0v) is 20.0. The van der Waals surface area contributed by atoms with Crippen LogP contribution in [0, 0.1) is 0 Å². The summed E-state index contributed by atoms with van der Waals surface area (Å²) in [5.41, 5.74) is 2.04. The van der Waals surface area contributed by atoms with Crippen LogP contribution in [0.25, 0.3) is 0 Å². The number of sulfonamides is 1. The van der Waals surface area contributed by atoms with Crippen molar-refractivity contribution in [3.8, 4) is 5.75 Å². The summed E-state index contributed by atoms with van der Waals surface area (Å²) in [7, 11) is -1.98. The number of nitrogens with zero attached hydrogens (tertiary/aromatic N) is 3. The lowest BCUT2D eigenvalue weighted by Crippen LogP contribution is -2.50. The van der Waals surface area contributed by atoms with Crippen LogP contribution in [-0.2, 0) is 10.0 Å². The third-order valence-electron chi connectivity index (χ3n) is 5.84. The fraction of sp³-hybridized carbons (Fsp3) is 0.292. The van der Waals surface area contributed by atoms with E-state index in [1.54, 1.807) is 31.6 Å². The molecule has 0 amide bonds. The maximum absolute atomic E-state index is 12.9. The van der Waals surface area contributed by atoms with Crippen LogP contribution < -0.4 is 14.4 Å². The summed E-state index contributed by atoms with van der Waals surface area (Å²) in [4.78, 5) is 9.04. The van der Waals surface area contributed by atoms with E-state index in [4.69, 9.17) is 16.3 Å². The van der Waals surface area contributed by atoms with E-state index in [0.717, 1.165) is 43.2 Å². The number of piperazine rings is 1. The predicted octanol–water partition coefficient (Wildman–Crippen LogP) is 3.59. The molecule has 1 atom stereocenters. The molecule has 1 aromatic heterocycles. The smallest absolute Gasteiger partial charge is 0.240 e. The van der Waals surface area contributed by atoms with Crippen molar-refractivity contribution in [1.29, 1.82) is 0 Å². The van der Waals surface area contributed by atoms with Crippen molar-refractivity contribution < 1.29 is 13.2 Å². The van der Waals surface area contributed by atoms with Crippen molar-refractivity contribution in [3.05, 3.63) is 83.6 Å². The standard InChI is InChI=1S/C24H27ClN4O3S/c1-32-24-7-3-2-6-22(24)28-13-15-29(16-14-28)23(19-5-4-12-26-17-19)18-27-33(30,31)21-10-8-20(25)9-11-21/h2-12,17,23,27H,13-16,18H2,1H3/t23-/m1/s1. The Morgan fingerprint density at radius 2 is 1.76 bits per heavy atom. The summed E-state index contributed by atoms with van der Waals surface area (Å²) < 4.78 is 34.0. The number of rotatable bonds is 8. The summed E-state index contributed by atoms with van der Waals surface area (Å²) in [6, 6.07) is 17.9. The number of hydrogen-bond acceptors (Lipinski definition) is 6. The molecule has 1 fully saturated rings. The topological polar surface area (TPSA) is 74.8 Å². The van der Waals surface area contributed by atoms with E-state index in [1.165, 1.54) is 12.1 Å². The number of para-hydroxylation sites is 2. The van der Waals surface area contributed by atoms with E-state index in [0.29, 0.717) is 5.02 Å². The van der Waals surface area contributed by atoms with E-state index in [1.807, 2.05) is 30.3 Å². The normalized spacial score (nSPS) is 15.9. The number of benzene rings is 2. The van der Waals surface area contributed by atoms with Crippen LogP contribution in [0.15, 0.2) is 78.0 Å². The highest BCUT2D eigenvalue weighted by Gasteiger charge is 2.28. The fourth-order valence-electron chi connectivity index (χ4n) is 4.08. The predicted molar refractivity (Wildman–Crippen MR) is 130 cm³/mol. The summed E-state index contributed by atoms with van der Waals surface area (Å²) in [6.07, 6.45) is 3.52. The molecule has 9 heteroatoms. The Labute approximate surface area is 200 Å². The van der Waals surface area contributed by atoms with Gasteiger partial charge in [0.1, 0.15) is 5.75 Å². The second-order valence-electron chi connectivity index (χ2n) is 7.80. The van der Waals surface area contributed by atoms with Gasteiger partial charge in [-0.3, -0.25) is 9.88 Å². The lowest BCUT2D eigenvalue weighted by atomic mass is 10.1. The fourth-order valence-corrected chi connectivity index (χ4v) is 5.25. The minimum Gasteiger partial charge on any atom is -0.495 e. The van der Waals surface area contributed by atoms with Gasteiger partial charge in [-0.25, -0.2) is 13.1 Å². The highest BCUT2D eigenvalue weighted by atomic mass is 35.5. The molecular formula is C24H27ClN4O3S. The van der Waals surface area contributed by atoms with E-state index in [-0.39, 0.29) is 17.5 Å². The molecule has 33 heavy (non-hydrogen) atoms. The number of halogens is 1. The van der Waals surface area contributed by atoms with Crippen molar-refractivity contribution in [1.82, 2.24) is 14.6 Å². The van der Waals surface area contributed by atoms with Gasteiger partial charge in [0.15, 0.2) is 0 Å². The molecular weight excluding hydrogens is 460 g/mol. The minimum atomic E-state index is -3.66. The number of methoxy groups -OCH3 is 1. The Morgan fingerprint density at radius 3 is 2.42 bits per heavy atom. The minimum absolute atomic E-state index is 0.138. The number of anilines is 1. The third kappa shape index (κ3) is 5.65. The monoisotopic (exact) mass is 486 g/mol. The quantitative estimate of drug-likeness (QED) is 0.524. The van der Waals surface area contributed by atoms with Gasteiger partial charge in [0.25, 0.3) is 0 Å². The second-order valence-corrected chi connectivity index (χ2v) is 10.0. The van der Waals surface area contributed by atoms with Crippen molar-refractivity contribution in [2.45, 2.75) is 10.9 Å². The number of nitrogens with one attached hydrogen (secondary N) is 1. The Kier molecular flexibility index (Phi) is 7.49. The molecule has 1 aliphatic rings. The maximum atomic E-state index is 12.9. The highest BCUT2D eigenvalue weighted by Crippen LogP contribution is 2.30. The Balaban J connectivity index is 1.48. The molecule has 174 valence electrons. The third-order valence-corrected chi connectivity index (χ3v) is 7.53. The van der Waals surface area contributed by atoms with Gasteiger partial charge < -0.3 is 9.64 Å². The van der Waals surface area contributed by atoms with Gasteiger partial charge in [0.2, 0.25) is 10.0 Å². The van der Waals surface area contributed by atoms with Gasteiger partial charge in [-0.1, -0.05) is 29.8 Å². The molecule has 1 N–H and O–H groups in total. The van der Waals surface area contributed by atoms with E-state index in [9.17, 15) is 8.42 Å². The molecule has 2 aromatic carbocycles. The molecule has 1 aliphatic heterocycles. The van der Waals surface area contributed by atoms with Crippen LogP contribution in [0.1, 0.15) is 11.6 Å². The Morgan fingerprint density at radius 1 is 1.03 bits per heavy atom. The lowest BCUT2D eigenvalue weighted by Gasteiger charge is -2.40. The largest absolute Gasteiger partial charge is 0.495 e. The molecule has 3 aromatic rings. The molecule has 2 heterocycles. The average Bonchev–Trinajstić information content (AvgIpc) is 2.85. The highest BCUT2D eigenvalue weighted by molar-refractivity contribution is 7.89. The first kappa shape index (κ1) is 23.5. The van der Waals surface area contributed by atoms with Crippen LogP contribution in [0.2, 0.25) is 5.02 Å². The molecule has 4 rings (SSSR count). The Bertz CT molecular complexity index is 1150. The SMILES string of the molecule is COc1ccccc1N1CCN([C@H](CNS(=O)(=O)c2ccc(Cl)cc2)c2cccnc2)CC1. The number of hydrogen-bond donors (Lipinski definition) is 1. The van der Waals surface area contributed by atoms with Crippen LogP contribution in [-0.4, -0.2) is 58.1 Å².